The lowest BCUT2D eigenvalue weighted by Gasteiger charge is -2.42. The number of carboxylic acids is 1. The van der Waals surface area contributed by atoms with Crippen LogP contribution in [0.2, 0.25) is 0 Å². The van der Waals surface area contributed by atoms with Crippen LogP contribution in [-0.2, 0) is 24.0 Å². The van der Waals surface area contributed by atoms with Gasteiger partial charge in [-0.2, -0.15) is 0 Å². The van der Waals surface area contributed by atoms with Gasteiger partial charge in [0.15, 0.2) is 0 Å². The number of nitrogens with zero attached hydrogens (tertiary/aromatic N) is 2. The van der Waals surface area contributed by atoms with Gasteiger partial charge in [0.2, 0.25) is 5.91 Å². The van der Waals surface area contributed by atoms with Crippen molar-refractivity contribution in [2.24, 2.45) is 0 Å². The number of carbonyl (C=O) groups excluding carboxylic acids is 5. The predicted molar refractivity (Wildman–Crippen MR) is 112 cm³/mol. The first-order valence-electron chi connectivity index (χ1n) is 10.5. The molecule has 2 saturated heterocycles. The first-order chi connectivity index (χ1) is 15.8. The van der Waals surface area contributed by atoms with Crippen molar-refractivity contribution in [1.82, 2.24) is 26.2 Å². The van der Waals surface area contributed by atoms with E-state index in [1.807, 2.05) is 0 Å². The number of nitrogens with one attached hydrogen (secondary N) is 3. The fraction of sp³-hybridized carbons (Fsp3) is 0.429. The molecule has 2 heterocycles. The van der Waals surface area contributed by atoms with Crippen molar-refractivity contribution < 1.29 is 33.9 Å². The molecule has 12 heteroatoms. The number of hydrogen-bond donors (Lipinski definition) is 4. The van der Waals surface area contributed by atoms with Crippen molar-refractivity contribution in [3.8, 4) is 0 Å². The van der Waals surface area contributed by atoms with Crippen molar-refractivity contribution >= 4 is 35.9 Å². The lowest BCUT2D eigenvalue weighted by Crippen LogP contribution is -2.65. The molecular formula is C21H25N5O7. The number of aldehydes is 1. The summed E-state index contributed by atoms with van der Waals surface area (Å²) >= 11 is 0. The van der Waals surface area contributed by atoms with Crippen LogP contribution in [0.25, 0.3) is 0 Å². The fourth-order valence-electron chi connectivity index (χ4n) is 3.81. The Morgan fingerprint density at radius 1 is 1.15 bits per heavy atom. The predicted octanol–water partition coefficient (Wildman–Crippen LogP) is -1.02. The van der Waals surface area contributed by atoms with Gasteiger partial charge in [0.25, 0.3) is 17.7 Å². The molecule has 0 unspecified atom stereocenters. The number of carbonyl (C=O) groups is 6. The third-order valence-corrected chi connectivity index (χ3v) is 5.44. The summed E-state index contributed by atoms with van der Waals surface area (Å²) in [5, 5.41) is 13.8. The number of amides is 4. The molecular weight excluding hydrogens is 434 g/mol. The molecule has 2 aliphatic rings. The van der Waals surface area contributed by atoms with Crippen molar-refractivity contribution in [3.63, 3.8) is 0 Å². The van der Waals surface area contributed by atoms with Crippen LogP contribution in [0.5, 0.6) is 0 Å². The van der Waals surface area contributed by atoms with E-state index in [4.69, 9.17) is 5.11 Å². The van der Waals surface area contributed by atoms with Crippen LogP contribution in [0.15, 0.2) is 30.3 Å². The summed E-state index contributed by atoms with van der Waals surface area (Å²) in [5.74, 6) is -3.35. The first-order valence-corrected chi connectivity index (χ1v) is 10.5. The summed E-state index contributed by atoms with van der Waals surface area (Å²) in [4.78, 5) is 73.2. The Balaban J connectivity index is 1.75. The number of carboxylic acid groups (broad SMARTS) is 1. The lowest BCUT2D eigenvalue weighted by molar-refractivity contribution is -0.176. The maximum Gasteiger partial charge on any atom is 0.305 e. The molecule has 4 N–H and O–H groups in total. The average Bonchev–Trinajstić information content (AvgIpc) is 2.93. The Labute approximate surface area is 189 Å². The fourth-order valence-corrected chi connectivity index (χ4v) is 3.81. The van der Waals surface area contributed by atoms with E-state index in [2.05, 4.69) is 16.2 Å². The minimum atomic E-state index is -1.23. The summed E-state index contributed by atoms with van der Waals surface area (Å²) in [6, 6.07) is 5.06. The van der Waals surface area contributed by atoms with E-state index >= 15 is 0 Å². The van der Waals surface area contributed by atoms with Crippen molar-refractivity contribution in [3.05, 3.63) is 35.9 Å². The summed E-state index contributed by atoms with van der Waals surface area (Å²) in [5.41, 5.74) is 4.97. The maximum absolute atomic E-state index is 13.3. The van der Waals surface area contributed by atoms with Crippen LogP contribution < -0.4 is 16.2 Å². The van der Waals surface area contributed by atoms with Gasteiger partial charge in [0, 0.05) is 18.5 Å². The van der Waals surface area contributed by atoms with Gasteiger partial charge in [-0.05, 0) is 31.4 Å². The minimum Gasteiger partial charge on any atom is -0.481 e. The highest BCUT2D eigenvalue weighted by Gasteiger charge is 2.44. The Morgan fingerprint density at radius 3 is 2.55 bits per heavy atom. The number of rotatable bonds is 8. The van der Waals surface area contributed by atoms with Gasteiger partial charge < -0.3 is 15.2 Å². The second-order valence-corrected chi connectivity index (χ2v) is 7.76. The number of aliphatic carboxylic acids is 1. The van der Waals surface area contributed by atoms with Crippen LogP contribution >= 0.6 is 0 Å². The largest absolute Gasteiger partial charge is 0.481 e. The third-order valence-electron chi connectivity index (χ3n) is 5.44. The van der Waals surface area contributed by atoms with Gasteiger partial charge in [-0.3, -0.25) is 34.4 Å². The van der Waals surface area contributed by atoms with Crippen LogP contribution in [0.4, 0.5) is 0 Å². The average molecular weight is 459 g/mol. The smallest absolute Gasteiger partial charge is 0.305 e. The number of benzene rings is 1. The molecule has 1 aromatic rings. The minimum absolute atomic E-state index is 0.0143. The van der Waals surface area contributed by atoms with E-state index in [1.165, 1.54) is 5.01 Å². The summed E-state index contributed by atoms with van der Waals surface area (Å²) in [6.45, 7) is 0.247. The van der Waals surface area contributed by atoms with Gasteiger partial charge >= 0.3 is 5.97 Å². The second kappa shape index (κ2) is 10.7. The molecule has 0 aromatic heterocycles. The number of fused-ring (bicyclic) bond motifs is 1. The normalized spacial score (nSPS) is 21.5. The van der Waals surface area contributed by atoms with Gasteiger partial charge in [0.1, 0.15) is 18.4 Å². The zero-order valence-corrected chi connectivity index (χ0v) is 17.7. The second-order valence-electron chi connectivity index (χ2n) is 7.76. The monoisotopic (exact) mass is 459 g/mol. The highest BCUT2D eigenvalue weighted by Crippen LogP contribution is 2.25. The van der Waals surface area contributed by atoms with Gasteiger partial charge in [-0.15, -0.1) is 0 Å². The van der Waals surface area contributed by atoms with Gasteiger partial charge in [-0.25, -0.2) is 10.4 Å². The lowest BCUT2D eigenvalue weighted by atomic mass is 10.1. The van der Waals surface area contributed by atoms with E-state index in [1.54, 1.807) is 30.3 Å². The highest BCUT2D eigenvalue weighted by atomic mass is 16.4. The van der Waals surface area contributed by atoms with Crippen molar-refractivity contribution in [2.45, 2.75) is 50.2 Å². The number of hydrogen-bond acceptors (Lipinski definition) is 7. The molecule has 33 heavy (non-hydrogen) atoms. The third kappa shape index (κ3) is 5.71. The molecule has 0 aliphatic carbocycles. The van der Waals surface area contributed by atoms with E-state index in [0.717, 1.165) is 5.01 Å². The van der Waals surface area contributed by atoms with Gasteiger partial charge in [0.05, 0.1) is 12.5 Å². The molecule has 3 rings (SSSR count). The van der Waals surface area contributed by atoms with Crippen molar-refractivity contribution in [2.75, 3.05) is 6.54 Å². The molecule has 4 amide bonds. The number of hydrazine groups is 2. The molecule has 0 bridgehead atoms. The molecule has 2 fully saturated rings. The molecule has 12 nitrogen and oxygen atoms in total. The molecule has 2 aliphatic heterocycles. The molecule has 3 atom stereocenters. The maximum atomic E-state index is 13.3. The van der Waals surface area contributed by atoms with E-state index < -0.39 is 48.2 Å². The Hall–Kier alpha value is -3.80. The van der Waals surface area contributed by atoms with E-state index in [9.17, 15) is 28.8 Å². The zero-order valence-electron chi connectivity index (χ0n) is 17.7. The topological polar surface area (TPSA) is 165 Å². The van der Waals surface area contributed by atoms with E-state index in [0.29, 0.717) is 18.3 Å². The zero-order chi connectivity index (χ0) is 24.0. The standard InChI is InChI=1S/C21H25N5O7/c27-12-14(11-18(29)30)23-24-20(32)16-7-4-10-25-17(28)9-8-15(21(33)26(16)25)22-19(31)13-5-2-1-3-6-13/h1-3,5-6,12,14-16,23H,4,7-11H2,(H,22,31)(H,24,32)(H,29,30)/t14-,15-,16-/m0/s1. The molecule has 0 radical (unpaired) electrons. The Kier molecular flexibility index (Phi) is 7.72. The van der Waals surface area contributed by atoms with Crippen LogP contribution in [0, 0.1) is 0 Å². The summed E-state index contributed by atoms with van der Waals surface area (Å²) in [7, 11) is 0. The molecule has 176 valence electrons. The summed E-state index contributed by atoms with van der Waals surface area (Å²) < 4.78 is 0. The van der Waals surface area contributed by atoms with E-state index in [-0.39, 0.29) is 31.7 Å². The molecule has 0 saturated carbocycles. The Bertz CT molecular complexity index is 938. The quantitative estimate of drug-likeness (QED) is 0.283. The van der Waals surface area contributed by atoms with Crippen molar-refractivity contribution in [1.29, 1.82) is 0 Å². The van der Waals surface area contributed by atoms with Crippen LogP contribution in [0.1, 0.15) is 42.5 Å². The SMILES string of the molecule is O=C[C@H](CC(=O)O)NNC(=O)[C@@H]1CCCN2C(=O)CC[C@H](NC(=O)c3ccccc3)C(=O)N12. The van der Waals surface area contributed by atoms with Crippen LogP contribution in [-0.4, -0.2) is 75.7 Å². The highest BCUT2D eigenvalue weighted by molar-refractivity contribution is 5.99. The first kappa shape index (κ1) is 23.9. The van der Waals surface area contributed by atoms with Crippen LogP contribution in [0.3, 0.4) is 0 Å². The Morgan fingerprint density at radius 2 is 1.88 bits per heavy atom. The molecule has 1 aromatic carbocycles. The van der Waals surface area contributed by atoms with Gasteiger partial charge in [-0.1, -0.05) is 18.2 Å². The summed E-state index contributed by atoms with van der Waals surface area (Å²) in [6.07, 6.45) is 0.600. The molecule has 0 spiro atoms.